The van der Waals surface area contributed by atoms with Gasteiger partial charge in [0.15, 0.2) is 0 Å². The number of para-hydroxylation sites is 2. The number of amides is 1. The van der Waals surface area contributed by atoms with Crippen LogP contribution in [0.1, 0.15) is 10.5 Å². The van der Waals surface area contributed by atoms with Crippen molar-refractivity contribution < 1.29 is 14.3 Å². The minimum Gasteiger partial charge on any atom is -0.464 e. The summed E-state index contributed by atoms with van der Waals surface area (Å²) in [6.45, 7) is 0.554. The van der Waals surface area contributed by atoms with E-state index in [0.717, 1.165) is 11.0 Å². The molecular weight excluding hydrogens is 326 g/mol. The van der Waals surface area contributed by atoms with Crippen LogP contribution in [0, 0.1) is 0 Å². The van der Waals surface area contributed by atoms with Crippen LogP contribution in [-0.4, -0.2) is 44.6 Å². The zero-order chi connectivity index (χ0) is 17.8. The fourth-order valence-electron chi connectivity index (χ4n) is 2.57. The van der Waals surface area contributed by atoms with Gasteiger partial charge < -0.3 is 19.6 Å². The number of esters is 1. The summed E-state index contributed by atoms with van der Waals surface area (Å²) in [7, 11) is 1.26. The van der Waals surface area contributed by atoms with Crippen LogP contribution in [0.3, 0.4) is 0 Å². The third-order valence-electron chi connectivity index (χ3n) is 3.76. The van der Waals surface area contributed by atoms with Gasteiger partial charge in [-0.15, -0.1) is 0 Å². The lowest BCUT2D eigenvalue weighted by Crippen LogP contribution is -2.32. The largest absolute Gasteiger partial charge is 0.464 e. The molecule has 3 aromatic rings. The third-order valence-corrected chi connectivity index (χ3v) is 3.76. The minimum atomic E-state index is -0.560. The molecule has 0 aliphatic rings. The topological polar surface area (TPSA) is 111 Å². The van der Waals surface area contributed by atoms with E-state index in [0.29, 0.717) is 6.54 Å². The van der Waals surface area contributed by atoms with E-state index in [1.165, 1.54) is 24.2 Å². The Morgan fingerprint density at radius 3 is 2.92 bits per heavy atom. The lowest BCUT2D eigenvalue weighted by atomic mass is 10.3. The fraction of sp³-hybridized carbons (Fsp3) is 0.250. The molecule has 0 saturated carbocycles. The highest BCUT2D eigenvalue weighted by molar-refractivity contribution is 5.88. The number of fused-ring (bicyclic) bond motifs is 1. The number of carbonyl (C=O) groups excluding carboxylic acids is 2. The van der Waals surface area contributed by atoms with Gasteiger partial charge in [0, 0.05) is 13.1 Å². The predicted octanol–water partition coefficient (Wildman–Crippen LogP) is 0.129. The summed E-state index contributed by atoms with van der Waals surface area (Å²) in [6, 6.07) is 7.34. The molecular formula is C16H17N5O4. The summed E-state index contributed by atoms with van der Waals surface area (Å²) < 4.78 is 7.59. The molecule has 3 rings (SSSR count). The van der Waals surface area contributed by atoms with Crippen LogP contribution in [0.4, 0.5) is 0 Å². The molecule has 0 radical (unpaired) electrons. The Hall–Kier alpha value is -3.36. The molecule has 0 saturated heterocycles. The Bertz CT molecular complexity index is 968. The number of ether oxygens (including phenoxy) is 1. The van der Waals surface area contributed by atoms with Crippen molar-refractivity contribution in [2.24, 2.45) is 0 Å². The number of hydrogen-bond donors (Lipinski definition) is 2. The van der Waals surface area contributed by atoms with Gasteiger partial charge in [0.25, 0.3) is 0 Å². The highest BCUT2D eigenvalue weighted by Gasteiger charge is 2.14. The first-order valence-electron chi connectivity index (χ1n) is 7.63. The predicted molar refractivity (Wildman–Crippen MR) is 89.1 cm³/mol. The first-order valence-corrected chi connectivity index (χ1v) is 7.63. The van der Waals surface area contributed by atoms with Gasteiger partial charge >= 0.3 is 11.7 Å². The number of imidazole rings is 2. The molecule has 0 aliphatic heterocycles. The lowest BCUT2D eigenvalue weighted by molar-refractivity contribution is -0.121. The summed E-state index contributed by atoms with van der Waals surface area (Å²) in [5, 5.41) is 2.72. The number of carbonyl (C=O) groups is 2. The molecule has 0 atom stereocenters. The van der Waals surface area contributed by atoms with Gasteiger partial charge in [-0.3, -0.25) is 9.36 Å². The molecule has 1 amide bonds. The second-order valence-corrected chi connectivity index (χ2v) is 5.35. The molecule has 2 aromatic heterocycles. The average Bonchev–Trinajstić information content (AvgIpc) is 3.18. The van der Waals surface area contributed by atoms with Crippen LogP contribution < -0.4 is 11.0 Å². The lowest BCUT2D eigenvalue weighted by Gasteiger charge is -2.08. The number of nitrogens with one attached hydrogen (secondary N) is 2. The Balaban J connectivity index is 1.60. The van der Waals surface area contributed by atoms with E-state index >= 15 is 0 Å². The smallest absolute Gasteiger partial charge is 0.356 e. The van der Waals surface area contributed by atoms with Crippen molar-refractivity contribution in [1.82, 2.24) is 24.4 Å². The average molecular weight is 343 g/mol. The number of rotatable bonds is 6. The van der Waals surface area contributed by atoms with Crippen LogP contribution in [0.2, 0.25) is 0 Å². The van der Waals surface area contributed by atoms with E-state index in [2.05, 4.69) is 20.0 Å². The zero-order valence-corrected chi connectivity index (χ0v) is 13.6. The highest BCUT2D eigenvalue weighted by Crippen LogP contribution is 2.08. The monoisotopic (exact) mass is 343 g/mol. The maximum absolute atomic E-state index is 12.0. The number of nitrogens with zero attached hydrogens (tertiary/aromatic N) is 3. The third kappa shape index (κ3) is 3.44. The van der Waals surface area contributed by atoms with Crippen molar-refractivity contribution >= 4 is 22.9 Å². The minimum absolute atomic E-state index is 0.0623. The van der Waals surface area contributed by atoms with E-state index in [-0.39, 0.29) is 30.4 Å². The van der Waals surface area contributed by atoms with Crippen molar-refractivity contribution in [2.75, 3.05) is 13.7 Å². The number of aromatic nitrogens is 4. The summed E-state index contributed by atoms with van der Waals surface area (Å²) in [5.74, 6) is -0.855. The van der Waals surface area contributed by atoms with Crippen molar-refractivity contribution in [1.29, 1.82) is 0 Å². The maximum atomic E-state index is 12.0. The highest BCUT2D eigenvalue weighted by atomic mass is 16.5. The molecule has 2 N–H and O–H groups in total. The Morgan fingerprint density at radius 1 is 1.32 bits per heavy atom. The van der Waals surface area contributed by atoms with E-state index in [1.54, 1.807) is 4.57 Å². The van der Waals surface area contributed by atoms with Gasteiger partial charge in [0.05, 0.1) is 30.7 Å². The number of benzene rings is 1. The first-order chi connectivity index (χ1) is 12.1. The molecule has 0 bridgehead atoms. The number of hydrogen-bond acceptors (Lipinski definition) is 5. The van der Waals surface area contributed by atoms with Gasteiger partial charge in [0.2, 0.25) is 5.91 Å². The fourth-order valence-corrected chi connectivity index (χ4v) is 2.57. The molecule has 0 spiro atoms. The van der Waals surface area contributed by atoms with Gasteiger partial charge in [0.1, 0.15) is 12.2 Å². The second kappa shape index (κ2) is 7.04. The van der Waals surface area contributed by atoms with Crippen LogP contribution in [0.5, 0.6) is 0 Å². The maximum Gasteiger partial charge on any atom is 0.356 e. The number of H-pyrrole nitrogens is 1. The Morgan fingerprint density at radius 2 is 2.12 bits per heavy atom. The van der Waals surface area contributed by atoms with Crippen LogP contribution in [0.15, 0.2) is 41.6 Å². The van der Waals surface area contributed by atoms with Crippen LogP contribution in [-0.2, 0) is 22.6 Å². The normalized spacial score (nSPS) is 10.8. The van der Waals surface area contributed by atoms with Gasteiger partial charge in [-0.1, -0.05) is 12.1 Å². The standard InChI is InChI=1S/C16H17N5O4/c1-25-15(23)13-8-17-10-20(13)9-14(22)18-6-7-21-12-5-3-2-4-11(12)19-16(21)24/h2-5,8,10H,6-7,9H2,1H3,(H,18,22)(H,19,24). The second-order valence-electron chi connectivity index (χ2n) is 5.35. The molecule has 1 aromatic carbocycles. The van der Waals surface area contributed by atoms with Gasteiger partial charge in [-0.25, -0.2) is 14.6 Å². The quantitative estimate of drug-likeness (QED) is 0.618. The van der Waals surface area contributed by atoms with E-state index < -0.39 is 5.97 Å². The van der Waals surface area contributed by atoms with E-state index in [4.69, 9.17) is 0 Å². The first kappa shape index (κ1) is 16.5. The van der Waals surface area contributed by atoms with Crippen LogP contribution >= 0.6 is 0 Å². The van der Waals surface area contributed by atoms with Gasteiger partial charge in [-0.05, 0) is 12.1 Å². The number of aromatic amines is 1. The van der Waals surface area contributed by atoms with Crippen molar-refractivity contribution in [2.45, 2.75) is 13.1 Å². The van der Waals surface area contributed by atoms with Crippen LogP contribution in [0.25, 0.3) is 11.0 Å². The summed E-state index contributed by atoms with van der Waals surface area (Å²) in [5.41, 5.74) is 1.51. The van der Waals surface area contributed by atoms with E-state index in [9.17, 15) is 14.4 Å². The van der Waals surface area contributed by atoms with Crippen molar-refractivity contribution in [3.05, 3.63) is 53.0 Å². The van der Waals surface area contributed by atoms with E-state index in [1.807, 2.05) is 24.3 Å². The zero-order valence-electron chi connectivity index (χ0n) is 13.6. The summed E-state index contributed by atoms with van der Waals surface area (Å²) >= 11 is 0. The van der Waals surface area contributed by atoms with Gasteiger partial charge in [-0.2, -0.15) is 0 Å². The molecule has 0 aliphatic carbocycles. The SMILES string of the molecule is COC(=O)c1cncn1CC(=O)NCCn1c(=O)[nH]c2ccccc21. The molecule has 0 unspecified atom stereocenters. The number of methoxy groups -OCH3 is 1. The molecule has 2 heterocycles. The summed E-state index contributed by atoms with van der Waals surface area (Å²) in [4.78, 5) is 42.2. The van der Waals surface area contributed by atoms with Crippen molar-refractivity contribution in [3.8, 4) is 0 Å². The molecule has 9 heteroatoms. The Labute approximate surface area is 142 Å². The molecule has 0 fully saturated rings. The summed E-state index contributed by atoms with van der Waals surface area (Å²) in [6.07, 6.45) is 2.72. The Kier molecular flexibility index (Phi) is 4.64. The molecule has 130 valence electrons. The molecule has 9 nitrogen and oxygen atoms in total. The molecule has 25 heavy (non-hydrogen) atoms. The van der Waals surface area contributed by atoms with Crippen molar-refractivity contribution in [3.63, 3.8) is 0 Å².